The van der Waals surface area contributed by atoms with Gasteiger partial charge in [0.25, 0.3) is 0 Å². The first-order chi connectivity index (χ1) is 6.09. The van der Waals surface area contributed by atoms with Crippen LogP contribution in [0.5, 0.6) is 0 Å². The Morgan fingerprint density at radius 3 is 2.54 bits per heavy atom. The number of hydrogen-bond donors (Lipinski definition) is 0. The second-order valence-corrected chi connectivity index (χ2v) is 4.85. The Hall–Kier alpha value is 0.0600. The van der Waals surface area contributed by atoms with Crippen LogP contribution in [-0.2, 0) is 0 Å². The number of rotatable bonds is 2. The fraction of sp³-hybridized carbons (Fsp3) is 0.636. The zero-order valence-corrected chi connectivity index (χ0v) is 9.70. The van der Waals surface area contributed by atoms with Crippen molar-refractivity contribution in [2.24, 2.45) is 11.8 Å². The van der Waals surface area contributed by atoms with Gasteiger partial charge in [-0.05, 0) is 31.1 Å². The van der Waals surface area contributed by atoms with Crippen LogP contribution in [0.25, 0.3) is 0 Å². The van der Waals surface area contributed by atoms with E-state index in [1.807, 2.05) is 0 Å². The van der Waals surface area contributed by atoms with E-state index in [0.29, 0.717) is 11.8 Å². The lowest BCUT2D eigenvalue weighted by Gasteiger charge is -2.18. The summed E-state index contributed by atoms with van der Waals surface area (Å²) in [5, 5.41) is 1.71. The minimum atomic E-state index is 0.595. The highest BCUT2D eigenvalue weighted by atomic mass is 35.5. The Morgan fingerprint density at radius 2 is 2.00 bits per heavy atom. The van der Waals surface area contributed by atoms with Gasteiger partial charge >= 0.3 is 0 Å². The molecular formula is C11H16Cl2. The molecule has 0 aromatic carbocycles. The molecule has 1 aliphatic carbocycles. The number of allylic oxidation sites excluding steroid dienone is 4. The summed E-state index contributed by atoms with van der Waals surface area (Å²) in [4.78, 5) is 0. The van der Waals surface area contributed by atoms with Crippen molar-refractivity contribution in [3.05, 3.63) is 22.2 Å². The molecule has 1 aliphatic rings. The zero-order valence-electron chi connectivity index (χ0n) is 8.19. The Morgan fingerprint density at radius 1 is 1.31 bits per heavy atom. The molecule has 0 amide bonds. The quantitative estimate of drug-likeness (QED) is 0.591. The summed E-state index contributed by atoms with van der Waals surface area (Å²) in [5.41, 5.74) is 0. The summed E-state index contributed by atoms with van der Waals surface area (Å²) in [5.74, 6) is 1.22. The molecule has 0 bridgehead atoms. The van der Waals surface area contributed by atoms with Gasteiger partial charge in [0, 0.05) is 10.1 Å². The van der Waals surface area contributed by atoms with Gasteiger partial charge in [-0.15, -0.1) is 0 Å². The minimum Gasteiger partial charge on any atom is -0.0879 e. The van der Waals surface area contributed by atoms with E-state index in [0.717, 1.165) is 29.3 Å². The smallest absolute Gasteiger partial charge is 0.0331 e. The highest BCUT2D eigenvalue weighted by molar-refractivity contribution is 6.39. The second kappa shape index (κ2) is 5.07. The summed E-state index contributed by atoms with van der Waals surface area (Å²) in [7, 11) is 0. The Balaban J connectivity index is 2.49. The minimum absolute atomic E-state index is 0.595. The predicted octanol–water partition coefficient (Wildman–Crippen LogP) is 4.69. The van der Waals surface area contributed by atoms with E-state index in [1.54, 1.807) is 0 Å². The van der Waals surface area contributed by atoms with Crippen molar-refractivity contribution in [2.75, 3.05) is 0 Å². The molecule has 13 heavy (non-hydrogen) atoms. The molecule has 0 fully saturated rings. The third kappa shape index (κ3) is 3.74. The van der Waals surface area contributed by atoms with Crippen molar-refractivity contribution >= 4 is 23.2 Å². The number of hydrogen-bond acceptors (Lipinski definition) is 0. The van der Waals surface area contributed by atoms with Gasteiger partial charge in [-0.25, -0.2) is 0 Å². The van der Waals surface area contributed by atoms with Gasteiger partial charge in [0.05, 0.1) is 0 Å². The van der Waals surface area contributed by atoms with E-state index in [9.17, 15) is 0 Å². The van der Waals surface area contributed by atoms with Gasteiger partial charge in [0.15, 0.2) is 0 Å². The first kappa shape index (κ1) is 11.1. The third-order valence-electron chi connectivity index (χ3n) is 2.24. The predicted molar refractivity (Wildman–Crippen MR) is 60.1 cm³/mol. The van der Waals surface area contributed by atoms with Crippen molar-refractivity contribution in [1.82, 2.24) is 0 Å². The molecule has 0 aliphatic heterocycles. The molecule has 0 radical (unpaired) electrons. The van der Waals surface area contributed by atoms with Crippen LogP contribution in [0.2, 0.25) is 0 Å². The normalized spacial score (nSPS) is 24.8. The lowest BCUT2D eigenvalue weighted by atomic mass is 9.93. The van der Waals surface area contributed by atoms with Crippen LogP contribution < -0.4 is 0 Å². The molecule has 0 nitrogen and oxygen atoms in total. The largest absolute Gasteiger partial charge is 0.0879 e. The van der Waals surface area contributed by atoms with Crippen LogP contribution >= 0.6 is 23.2 Å². The molecule has 2 heteroatoms. The van der Waals surface area contributed by atoms with Crippen molar-refractivity contribution in [3.8, 4) is 0 Å². The third-order valence-corrected chi connectivity index (χ3v) is 3.13. The van der Waals surface area contributed by atoms with Crippen LogP contribution in [-0.4, -0.2) is 0 Å². The molecule has 1 rings (SSSR count). The SMILES string of the molecule is CC(C)/C=C\C1CCC(Cl)=C(Cl)C1. The topological polar surface area (TPSA) is 0 Å². The fourth-order valence-corrected chi connectivity index (χ4v) is 1.91. The highest BCUT2D eigenvalue weighted by Crippen LogP contribution is 2.34. The standard InChI is InChI=1S/C11H16Cl2/c1-8(2)3-4-9-5-6-10(12)11(13)7-9/h3-4,8-9H,5-7H2,1-2H3/b4-3-. The molecule has 0 saturated carbocycles. The lowest BCUT2D eigenvalue weighted by molar-refractivity contribution is 0.567. The maximum atomic E-state index is 5.99. The Labute approximate surface area is 90.6 Å². The van der Waals surface area contributed by atoms with E-state index in [-0.39, 0.29) is 0 Å². The monoisotopic (exact) mass is 218 g/mol. The molecule has 0 N–H and O–H groups in total. The Bertz CT molecular complexity index is 226. The molecule has 1 atom stereocenters. The molecule has 0 heterocycles. The zero-order chi connectivity index (χ0) is 9.84. The van der Waals surface area contributed by atoms with Crippen LogP contribution in [0.4, 0.5) is 0 Å². The summed E-state index contributed by atoms with van der Waals surface area (Å²) < 4.78 is 0. The van der Waals surface area contributed by atoms with Gasteiger partial charge in [0.1, 0.15) is 0 Å². The van der Waals surface area contributed by atoms with Gasteiger partial charge in [-0.2, -0.15) is 0 Å². The highest BCUT2D eigenvalue weighted by Gasteiger charge is 2.16. The molecule has 1 unspecified atom stereocenters. The van der Waals surface area contributed by atoms with Gasteiger partial charge < -0.3 is 0 Å². The molecule has 0 spiro atoms. The van der Waals surface area contributed by atoms with E-state index in [4.69, 9.17) is 23.2 Å². The van der Waals surface area contributed by atoms with Gasteiger partial charge in [0.2, 0.25) is 0 Å². The fourth-order valence-electron chi connectivity index (χ4n) is 1.43. The Kier molecular flexibility index (Phi) is 4.34. The summed E-state index contributed by atoms with van der Waals surface area (Å²) in [6.45, 7) is 4.37. The molecule has 74 valence electrons. The summed E-state index contributed by atoms with van der Waals surface area (Å²) in [6, 6.07) is 0. The van der Waals surface area contributed by atoms with E-state index >= 15 is 0 Å². The van der Waals surface area contributed by atoms with Crippen molar-refractivity contribution in [1.29, 1.82) is 0 Å². The number of halogens is 2. The molecular weight excluding hydrogens is 203 g/mol. The van der Waals surface area contributed by atoms with E-state index < -0.39 is 0 Å². The van der Waals surface area contributed by atoms with Gasteiger partial charge in [-0.3, -0.25) is 0 Å². The molecule has 0 aromatic heterocycles. The van der Waals surface area contributed by atoms with Crippen molar-refractivity contribution in [2.45, 2.75) is 33.1 Å². The van der Waals surface area contributed by atoms with Gasteiger partial charge in [-0.1, -0.05) is 49.2 Å². The van der Waals surface area contributed by atoms with Crippen LogP contribution in [0.15, 0.2) is 22.2 Å². The van der Waals surface area contributed by atoms with Crippen LogP contribution in [0.3, 0.4) is 0 Å². The van der Waals surface area contributed by atoms with Crippen LogP contribution in [0, 0.1) is 11.8 Å². The second-order valence-electron chi connectivity index (χ2n) is 3.94. The average Bonchev–Trinajstić information content (AvgIpc) is 2.07. The van der Waals surface area contributed by atoms with Crippen molar-refractivity contribution < 1.29 is 0 Å². The van der Waals surface area contributed by atoms with Crippen molar-refractivity contribution in [3.63, 3.8) is 0 Å². The first-order valence-electron chi connectivity index (χ1n) is 4.81. The van der Waals surface area contributed by atoms with Crippen LogP contribution in [0.1, 0.15) is 33.1 Å². The lowest BCUT2D eigenvalue weighted by Crippen LogP contribution is -2.04. The summed E-state index contributed by atoms with van der Waals surface area (Å²) in [6.07, 6.45) is 7.51. The average molecular weight is 219 g/mol. The van der Waals surface area contributed by atoms with E-state index in [2.05, 4.69) is 26.0 Å². The maximum absolute atomic E-state index is 5.99. The maximum Gasteiger partial charge on any atom is 0.0331 e. The first-order valence-corrected chi connectivity index (χ1v) is 5.56. The van der Waals surface area contributed by atoms with E-state index in [1.165, 1.54) is 0 Å². The molecule has 0 saturated heterocycles. The molecule has 0 aromatic rings. The summed E-state index contributed by atoms with van der Waals surface area (Å²) >= 11 is 11.9.